The molecule has 0 atom stereocenters. The lowest BCUT2D eigenvalue weighted by atomic mass is 10.3. The van der Waals surface area contributed by atoms with Gasteiger partial charge < -0.3 is 10.5 Å². The van der Waals surface area contributed by atoms with Crippen molar-refractivity contribution in [2.24, 2.45) is 5.73 Å². The van der Waals surface area contributed by atoms with E-state index in [1.165, 1.54) is 6.07 Å². The Morgan fingerprint density at radius 3 is 2.65 bits per heavy atom. The second kappa shape index (κ2) is 7.36. The fraction of sp³-hybridized carbons (Fsp3) is 0.600. The highest BCUT2D eigenvalue weighted by molar-refractivity contribution is 7.91. The molecule has 0 aromatic carbocycles. The summed E-state index contributed by atoms with van der Waals surface area (Å²) in [6.07, 6.45) is -3.83. The molecule has 10 heteroatoms. The predicted molar refractivity (Wildman–Crippen MR) is 69.1 cm³/mol. The molecule has 116 valence electrons. The summed E-state index contributed by atoms with van der Waals surface area (Å²) >= 11 is 1.08. The zero-order valence-corrected chi connectivity index (χ0v) is 12.1. The Hall–Kier alpha value is -0.680. The summed E-state index contributed by atoms with van der Waals surface area (Å²) in [4.78, 5) is 0.834. The van der Waals surface area contributed by atoms with Crippen molar-refractivity contribution in [1.29, 1.82) is 0 Å². The number of alkyl halides is 3. The van der Waals surface area contributed by atoms with E-state index in [-0.39, 0.29) is 17.4 Å². The third kappa shape index (κ3) is 6.18. The van der Waals surface area contributed by atoms with E-state index in [2.05, 4.69) is 9.46 Å². The van der Waals surface area contributed by atoms with E-state index >= 15 is 0 Å². The molecule has 0 radical (unpaired) electrons. The van der Waals surface area contributed by atoms with Gasteiger partial charge in [-0.25, -0.2) is 13.1 Å². The number of sulfonamides is 1. The monoisotopic (exact) mass is 332 g/mol. The van der Waals surface area contributed by atoms with Gasteiger partial charge in [-0.15, -0.1) is 11.3 Å². The molecule has 20 heavy (non-hydrogen) atoms. The van der Waals surface area contributed by atoms with Gasteiger partial charge >= 0.3 is 6.18 Å². The summed E-state index contributed by atoms with van der Waals surface area (Å²) in [5.74, 6) is 0. The minimum absolute atomic E-state index is 0.108. The molecule has 0 aliphatic heterocycles. The van der Waals surface area contributed by atoms with Crippen molar-refractivity contribution in [3.05, 3.63) is 17.0 Å². The van der Waals surface area contributed by atoms with E-state index in [1.807, 2.05) is 0 Å². The van der Waals surface area contributed by atoms with Gasteiger partial charge in [0.05, 0.1) is 6.61 Å². The maximum absolute atomic E-state index is 11.8. The summed E-state index contributed by atoms with van der Waals surface area (Å²) in [6, 6.07) is 3.10. The summed E-state index contributed by atoms with van der Waals surface area (Å²) in [5.41, 5.74) is 5.36. The molecule has 0 aliphatic rings. The average molecular weight is 332 g/mol. The highest BCUT2D eigenvalue weighted by Crippen LogP contribution is 2.21. The molecule has 0 aliphatic carbocycles. The Labute approximate surface area is 119 Å². The number of nitrogens with two attached hydrogens (primary N) is 1. The van der Waals surface area contributed by atoms with Crippen LogP contribution in [0.1, 0.15) is 4.88 Å². The van der Waals surface area contributed by atoms with Crippen LogP contribution in [0.25, 0.3) is 0 Å². The Morgan fingerprint density at radius 1 is 1.35 bits per heavy atom. The molecular formula is C10H15F3N2O3S2. The van der Waals surface area contributed by atoms with Gasteiger partial charge in [-0.3, -0.25) is 0 Å². The first-order chi connectivity index (χ1) is 9.24. The molecule has 0 amide bonds. The van der Waals surface area contributed by atoms with Crippen LogP contribution in [0, 0.1) is 0 Å². The molecule has 1 heterocycles. The van der Waals surface area contributed by atoms with Gasteiger partial charge in [-0.2, -0.15) is 13.2 Å². The quantitative estimate of drug-likeness (QED) is 0.699. The SMILES string of the molecule is NCCc1ccc(S(=O)(=O)NCCOCC(F)(F)F)s1. The summed E-state index contributed by atoms with van der Waals surface area (Å²) in [7, 11) is -3.71. The molecule has 0 unspecified atom stereocenters. The minimum atomic E-state index is -4.41. The van der Waals surface area contributed by atoms with E-state index in [1.54, 1.807) is 6.07 Å². The minimum Gasteiger partial charge on any atom is -0.371 e. The molecule has 1 aromatic heterocycles. The second-order valence-corrected chi connectivity index (χ2v) is 6.99. The van der Waals surface area contributed by atoms with E-state index in [0.717, 1.165) is 16.2 Å². The van der Waals surface area contributed by atoms with Gasteiger partial charge in [0.25, 0.3) is 0 Å². The zero-order chi connectivity index (χ0) is 15.2. The molecule has 3 N–H and O–H groups in total. The van der Waals surface area contributed by atoms with Gasteiger partial charge in [-0.1, -0.05) is 0 Å². The van der Waals surface area contributed by atoms with Crippen molar-refractivity contribution in [3.8, 4) is 0 Å². The average Bonchev–Trinajstić information content (AvgIpc) is 2.77. The van der Waals surface area contributed by atoms with Gasteiger partial charge in [0.1, 0.15) is 10.8 Å². The largest absolute Gasteiger partial charge is 0.411 e. The lowest BCUT2D eigenvalue weighted by molar-refractivity contribution is -0.173. The smallest absolute Gasteiger partial charge is 0.371 e. The molecule has 1 aromatic rings. The van der Waals surface area contributed by atoms with Crippen molar-refractivity contribution in [1.82, 2.24) is 4.72 Å². The fourth-order valence-corrected chi connectivity index (χ4v) is 3.72. The van der Waals surface area contributed by atoms with Crippen molar-refractivity contribution in [2.75, 3.05) is 26.3 Å². The zero-order valence-electron chi connectivity index (χ0n) is 10.4. The van der Waals surface area contributed by atoms with Gasteiger partial charge in [0.2, 0.25) is 10.0 Å². The summed E-state index contributed by atoms with van der Waals surface area (Å²) in [6.45, 7) is -1.55. The Balaban J connectivity index is 2.41. The van der Waals surface area contributed by atoms with E-state index < -0.39 is 22.8 Å². The second-order valence-electron chi connectivity index (χ2n) is 3.82. The van der Waals surface area contributed by atoms with E-state index in [9.17, 15) is 21.6 Å². The van der Waals surface area contributed by atoms with Crippen LogP contribution in [0.5, 0.6) is 0 Å². The van der Waals surface area contributed by atoms with Gasteiger partial charge in [0, 0.05) is 11.4 Å². The number of rotatable bonds is 8. The summed E-state index contributed by atoms with van der Waals surface area (Å²) < 4.78 is 65.5. The number of thiophene rings is 1. The first-order valence-electron chi connectivity index (χ1n) is 5.67. The first kappa shape index (κ1) is 17.4. The molecule has 0 bridgehead atoms. The number of hydrogen-bond acceptors (Lipinski definition) is 5. The van der Waals surface area contributed by atoms with E-state index in [4.69, 9.17) is 5.73 Å². The molecule has 0 fully saturated rings. The fourth-order valence-electron chi connectivity index (χ4n) is 1.29. The molecular weight excluding hydrogens is 317 g/mol. The number of halogens is 3. The lowest BCUT2D eigenvalue weighted by Crippen LogP contribution is -2.28. The Morgan fingerprint density at radius 2 is 2.05 bits per heavy atom. The number of hydrogen-bond donors (Lipinski definition) is 2. The normalized spacial score (nSPS) is 12.8. The topological polar surface area (TPSA) is 81.4 Å². The van der Waals surface area contributed by atoms with Crippen molar-refractivity contribution in [2.45, 2.75) is 16.8 Å². The molecule has 0 saturated heterocycles. The highest BCUT2D eigenvalue weighted by atomic mass is 32.2. The first-order valence-corrected chi connectivity index (χ1v) is 7.97. The van der Waals surface area contributed by atoms with Crippen LogP contribution in [0.15, 0.2) is 16.3 Å². The van der Waals surface area contributed by atoms with Crippen LogP contribution in [-0.2, 0) is 21.2 Å². The molecule has 1 rings (SSSR count). The molecule has 0 spiro atoms. The van der Waals surface area contributed by atoms with Crippen LogP contribution >= 0.6 is 11.3 Å². The van der Waals surface area contributed by atoms with Gasteiger partial charge in [0.15, 0.2) is 0 Å². The van der Waals surface area contributed by atoms with Crippen LogP contribution in [-0.4, -0.2) is 40.9 Å². The van der Waals surface area contributed by atoms with Crippen molar-refractivity contribution < 1.29 is 26.3 Å². The Bertz CT molecular complexity index is 514. The van der Waals surface area contributed by atoms with Crippen molar-refractivity contribution in [3.63, 3.8) is 0 Å². The van der Waals surface area contributed by atoms with Crippen molar-refractivity contribution >= 4 is 21.4 Å². The Kier molecular flexibility index (Phi) is 6.40. The summed E-state index contributed by atoms with van der Waals surface area (Å²) in [5, 5.41) is 0. The number of ether oxygens (including phenoxy) is 1. The van der Waals surface area contributed by atoms with Crippen LogP contribution in [0.3, 0.4) is 0 Å². The molecule has 5 nitrogen and oxygen atoms in total. The number of nitrogens with one attached hydrogen (secondary N) is 1. The predicted octanol–water partition coefficient (Wildman–Crippen LogP) is 1.11. The standard InChI is InChI=1S/C10H15F3N2O3S2/c11-10(12,13)7-18-6-5-15-20(16,17)9-2-1-8(19-9)3-4-14/h1-2,15H,3-7,14H2. The van der Waals surface area contributed by atoms with E-state index in [0.29, 0.717) is 13.0 Å². The highest BCUT2D eigenvalue weighted by Gasteiger charge is 2.27. The maximum atomic E-state index is 11.8. The lowest BCUT2D eigenvalue weighted by Gasteiger charge is -2.08. The van der Waals surface area contributed by atoms with Crippen LogP contribution in [0.4, 0.5) is 13.2 Å². The maximum Gasteiger partial charge on any atom is 0.411 e. The third-order valence-electron chi connectivity index (χ3n) is 2.10. The van der Waals surface area contributed by atoms with Crippen LogP contribution < -0.4 is 10.5 Å². The molecule has 0 saturated carbocycles. The third-order valence-corrected chi connectivity index (χ3v) is 5.19. The van der Waals surface area contributed by atoms with Gasteiger partial charge in [-0.05, 0) is 25.1 Å². The van der Waals surface area contributed by atoms with Crippen LogP contribution in [0.2, 0.25) is 0 Å².